The summed E-state index contributed by atoms with van der Waals surface area (Å²) in [5, 5.41) is 3.11. The van der Waals surface area contributed by atoms with Gasteiger partial charge in [-0.3, -0.25) is 4.79 Å². The molecule has 3 heteroatoms. The number of nitrogens with zero attached hydrogens (tertiary/aromatic N) is 1. The van der Waals surface area contributed by atoms with Gasteiger partial charge in [-0.25, -0.2) is 0 Å². The fraction of sp³-hybridized carbons (Fsp3) is 0.929. The standard InChI is InChI=1S/C14H30N2O/c1-6-15-11-14(17)16(9-7-12(2)3)10-8-13(4)5/h12-13,15H,6-11H2,1-5H3. The second-order valence-electron chi connectivity index (χ2n) is 5.53. The number of hydrogen-bond donors (Lipinski definition) is 1. The molecule has 0 bridgehead atoms. The van der Waals surface area contributed by atoms with Gasteiger partial charge in [0.05, 0.1) is 6.54 Å². The number of carbonyl (C=O) groups is 1. The molecule has 0 radical (unpaired) electrons. The first kappa shape index (κ1) is 16.4. The highest BCUT2D eigenvalue weighted by Gasteiger charge is 2.13. The molecule has 0 aromatic rings. The van der Waals surface area contributed by atoms with Crippen LogP contribution in [0.3, 0.4) is 0 Å². The molecule has 0 atom stereocenters. The topological polar surface area (TPSA) is 32.3 Å². The summed E-state index contributed by atoms with van der Waals surface area (Å²) in [5.74, 6) is 1.56. The van der Waals surface area contributed by atoms with Crippen LogP contribution in [0.25, 0.3) is 0 Å². The fourth-order valence-electron chi connectivity index (χ4n) is 1.53. The first-order valence-corrected chi connectivity index (χ1v) is 6.95. The Hall–Kier alpha value is -0.570. The van der Waals surface area contributed by atoms with Crippen molar-refractivity contribution in [3.63, 3.8) is 0 Å². The van der Waals surface area contributed by atoms with Gasteiger partial charge in [0.25, 0.3) is 0 Å². The van der Waals surface area contributed by atoms with Gasteiger partial charge < -0.3 is 10.2 Å². The average molecular weight is 242 g/mol. The lowest BCUT2D eigenvalue weighted by atomic mass is 10.1. The average Bonchev–Trinajstić information content (AvgIpc) is 2.25. The zero-order valence-electron chi connectivity index (χ0n) is 12.3. The molecule has 0 saturated heterocycles. The maximum atomic E-state index is 12.0. The van der Waals surface area contributed by atoms with Crippen LogP contribution >= 0.6 is 0 Å². The van der Waals surface area contributed by atoms with Crippen LogP contribution in [0.2, 0.25) is 0 Å². The van der Waals surface area contributed by atoms with E-state index in [0.29, 0.717) is 18.4 Å². The molecule has 0 aromatic carbocycles. The predicted molar refractivity (Wildman–Crippen MR) is 74.0 cm³/mol. The lowest BCUT2D eigenvalue weighted by Gasteiger charge is -2.24. The Morgan fingerprint density at radius 2 is 1.53 bits per heavy atom. The third-order valence-corrected chi connectivity index (χ3v) is 2.83. The number of carbonyl (C=O) groups excluding carboxylic acids is 1. The Labute approximate surface area is 107 Å². The van der Waals surface area contributed by atoms with Crippen LogP contribution in [0.4, 0.5) is 0 Å². The molecule has 0 aromatic heterocycles. The first-order chi connectivity index (χ1) is 7.97. The third kappa shape index (κ3) is 9.16. The van der Waals surface area contributed by atoms with Crippen LogP contribution in [0, 0.1) is 11.8 Å². The van der Waals surface area contributed by atoms with Crippen molar-refractivity contribution < 1.29 is 4.79 Å². The lowest BCUT2D eigenvalue weighted by molar-refractivity contribution is -0.130. The van der Waals surface area contributed by atoms with E-state index in [0.717, 1.165) is 32.5 Å². The van der Waals surface area contributed by atoms with Crippen molar-refractivity contribution in [3.05, 3.63) is 0 Å². The minimum atomic E-state index is 0.244. The monoisotopic (exact) mass is 242 g/mol. The van der Waals surface area contributed by atoms with Crippen LogP contribution < -0.4 is 5.32 Å². The minimum absolute atomic E-state index is 0.244. The smallest absolute Gasteiger partial charge is 0.236 e. The van der Waals surface area contributed by atoms with Crippen LogP contribution in [0.1, 0.15) is 47.5 Å². The van der Waals surface area contributed by atoms with E-state index in [9.17, 15) is 4.79 Å². The van der Waals surface area contributed by atoms with E-state index in [4.69, 9.17) is 0 Å². The molecule has 0 aliphatic carbocycles. The van der Waals surface area contributed by atoms with Gasteiger partial charge >= 0.3 is 0 Å². The van der Waals surface area contributed by atoms with Crippen molar-refractivity contribution in [2.45, 2.75) is 47.5 Å². The van der Waals surface area contributed by atoms with E-state index in [1.54, 1.807) is 0 Å². The summed E-state index contributed by atoms with van der Waals surface area (Å²) in [6.45, 7) is 14.0. The molecule has 1 N–H and O–H groups in total. The molecule has 1 amide bonds. The predicted octanol–water partition coefficient (Wildman–Crippen LogP) is 2.52. The zero-order valence-corrected chi connectivity index (χ0v) is 12.3. The molecule has 0 aliphatic heterocycles. The van der Waals surface area contributed by atoms with Crippen LogP contribution in [-0.4, -0.2) is 37.0 Å². The largest absolute Gasteiger partial charge is 0.342 e. The van der Waals surface area contributed by atoms with E-state index < -0.39 is 0 Å². The van der Waals surface area contributed by atoms with E-state index in [1.807, 2.05) is 11.8 Å². The van der Waals surface area contributed by atoms with Gasteiger partial charge in [-0.2, -0.15) is 0 Å². The van der Waals surface area contributed by atoms with Crippen molar-refractivity contribution in [1.29, 1.82) is 0 Å². The first-order valence-electron chi connectivity index (χ1n) is 6.95. The molecule has 0 heterocycles. The van der Waals surface area contributed by atoms with Gasteiger partial charge in [-0.05, 0) is 31.2 Å². The summed E-state index contributed by atoms with van der Waals surface area (Å²) in [6.07, 6.45) is 2.19. The fourth-order valence-corrected chi connectivity index (χ4v) is 1.53. The van der Waals surface area contributed by atoms with E-state index in [1.165, 1.54) is 0 Å². The molecule has 0 spiro atoms. The minimum Gasteiger partial charge on any atom is -0.342 e. The Kier molecular flexibility index (Phi) is 9.14. The summed E-state index contributed by atoms with van der Waals surface area (Å²) < 4.78 is 0. The summed E-state index contributed by atoms with van der Waals surface area (Å²) in [6, 6.07) is 0. The molecule has 0 fully saturated rings. The Morgan fingerprint density at radius 1 is 1.06 bits per heavy atom. The quantitative estimate of drug-likeness (QED) is 0.674. The zero-order chi connectivity index (χ0) is 13.3. The van der Waals surface area contributed by atoms with Gasteiger partial charge in [0.1, 0.15) is 0 Å². The van der Waals surface area contributed by atoms with Crippen molar-refractivity contribution >= 4 is 5.91 Å². The molecule has 0 aliphatic rings. The van der Waals surface area contributed by atoms with E-state index >= 15 is 0 Å². The highest BCUT2D eigenvalue weighted by molar-refractivity contribution is 5.78. The van der Waals surface area contributed by atoms with Crippen LogP contribution in [-0.2, 0) is 4.79 Å². The van der Waals surface area contributed by atoms with Crippen molar-refractivity contribution in [1.82, 2.24) is 10.2 Å². The molecule has 0 saturated carbocycles. The second-order valence-corrected chi connectivity index (χ2v) is 5.53. The third-order valence-electron chi connectivity index (χ3n) is 2.83. The SMILES string of the molecule is CCNCC(=O)N(CCC(C)C)CCC(C)C. The van der Waals surface area contributed by atoms with Crippen molar-refractivity contribution in [2.24, 2.45) is 11.8 Å². The number of hydrogen-bond acceptors (Lipinski definition) is 2. The maximum absolute atomic E-state index is 12.0. The molecule has 3 nitrogen and oxygen atoms in total. The Morgan fingerprint density at radius 3 is 1.88 bits per heavy atom. The van der Waals surface area contributed by atoms with Crippen molar-refractivity contribution in [2.75, 3.05) is 26.2 Å². The summed E-state index contributed by atoms with van der Waals surface area (Å²) >= 11 is 0. The number of likely N-dealkylation sites (N-methyl/N-ethyl adjacent to an activating group) is 1. The highest BCUT2D eigenvalue weighted by atomic mass is 16.2. The highest BCUT2D eigenvalue weighted by Crippen LogP contribution is 2.06. The molecule has 102 valence electrons. The second kappa shape index (κ2) is 9.46. The van der Waals surface area contributed by atoms with Crippen molar-refractivity contribution in [3.8, 4) is 0 Å². The molecular formula is C14H30N2O. The lowest BCUT2D eigenvalue weighted by Crippen LogP contribution is -2.40. The Balaban J connectivity index is 4.12. The van der Waals surface area contributed by atoms with Gasteiger partial charge in [0, 0.05) is 13.1 Å². The number of nitrogens with one attached hydrogen (secondary N) is 1. The summed E-state index contributed by atoms with van der Waals surface area (Å²) in [7, 11) is 0. The number of rotatable bonds is 9. The van der Waals surface area contributed by atoms with Gasteiger partial charge in [-0.15, -0.1) is 0 Å². The molecular weight excluding hydrogens is 212 g/mol. The van der Waals surface area contributed by atoms with Gasteiger partial charge in [0.2, 0.25) is 5.91 Å². The maximum Gasteiger partial charge on any atom is 0.236 e. The molecule has 0 rings (SSSR count). The van der Waals surface area contributed by atoms with Gasteiger partial charge in [0.15, 0.2) is 0 Å². The summed E-state index contributed by atoms with van der Waals surface area (Å²) in [5.41, 5.74) is 0. The number of amides is 1. The normalized spacial score (nSPS) is 11.2. The summed E-state index contributed by atoms with van der Waals surface area (Å²) in [4.78, 5) is 14.0. The van der Waals surface area contributed by atoms with Crippen LogP contribution in [0.5, 0.6) is 0 Å². The molecule has 17 heavy (non-hydrogen) atoms. The van der Waals surface area contributed by atoms with E-state index in [2.05, 4.69) is 33.0 Å². The molecule has 0 unspecified atom stereocenters. The van der Waals surface area contributed by atoms with Crippen LogP contribution in [0.15, 0.2) is 0 Å². The Bertz CT molecular complexity index is 190. The van der Waals surface area contributed by atoms with E-state index in [-0.39, 0.29) is 5.91 Å². The van der Waals surface area contributed by atoms with Gasteiger partial charge in [-0.1, -0.05) is 34.6 Å².